The van der Waals surface area contributed by atoms with Crippen LogP contribution in [0.4, 0.5) is 11.5 Å². The van der Waals surface area contributed by atoms with Gasteiger partial charge in [0.2, 0.25) is 0 Å². The van der Waals surface area contributed by atoms with Gasteiger partial charge in [0.15, 0.2) is 0 Å². The number of unbranched alkanes of at least 4 members (excludes halogenated alkanes) is 2. The number of carbonyl (C=O) groups is 4. The molecule has 3 aromatic rings. The van der Waals surface area contributed by atoms with Crippen LogP contribution in [-0.2, 0) is 19.3 Å². The first-order chi connectivity index (χ1) is 20.9. The molecule has 44 heavy (non-hydrogen) atoms. The Bertz CT molecular complexity index is 1710. The Morgan fingerprint density at radius 1 is 0.886 bits per heavy atom. The highest BCUT2D eigenvalue weighted by atomic mass is 32.2. The maximum absolute atomic E-state index is 13.6. The van der Waals surface area contributed by atoms with E-state index in [1.165, 1.54) is 12.3 Å². The summed E-state index contributed by atoms with van der Waals surface area (Å²) in [5, 5.41) is 20.6. The van der Waals surface area contributed by atoms with Gasteiger partial charge in [-0.1, -0.05) is 35.6 Å². The molecule has 11 nitrogen and oxygen atoms in total. The van der Waals surface area contributed by atoms with E-state index in [2.05, 4.69) is 26.5 Å². The molecule has 0 bridgehead atoms. The van der Waals surface area contributed by atoms with Gasteiger partial charge in [0.05, 0.1) is 20.9 Å². The summed E-state index contributed by atoms with van der Waals surface area (Å²) in [6.07, 6.45) is 2.10. The lowest BCUT2D eigenvalue weighted by Gasteiger charge is -2.10. The number of nitrogens with one attached hydrogen (secondary N) is 1. The van der Waals surface area contributed by atoms with Crippen molar-refractivity contribution in [1.82, 2.24) is 4.98 Å². The second kappa shape index (κ2) is 16.0. The van der Waals surface area contributed by atoms with Crippen LogP contribution in [0.5, 0.6) is 0 Å². The number of nitrogens with zero attached hydrogens (tertiary/aromatic N) is 2. The third-order valence-corrected chi connectivity index (χ3v) is 8.72. The minimum Gasteiger partial charge on any atom is -0.481 e. The number of carboxylic acid groups (broad SMARTS) is 2. The van der Waals surface area contributed by atoms with E-state index in [1.54, 1.807) is 42.5 Å². The Labute approximate surface area is 256 Å². The monoisotopic (exact) mass is 618 g/mol. The van der Waals surface area contributed by atoms with Gasteiger partial charge in [0.25, 0.3) is 11.8 Å². The zero-order chi connectivity index (χ0) is 32.1. The molecule has 0 fully saturated rings. The number of carboxylic acids is 2. The van der Waals surface area contributed by atoms with Gasteiger partial charge in [-0.15, -0.1) is 0 Å². The fourth-order valence-electron chi connectivity index (χ4n) is 4.10. The Morgan fingerprint density at radius 2 is 1.55 bits per heavy atom. The van der Waals surface area contributed by atoms with E-state index in [0.29, 0.717) is 16.8 Å². The molecule has 0 aliphatic heterocycles. The molecule has 1 aromatic heterocycles. The van der Waals surface area contributed by atoms with Crippen LogP contribution in [0.25, 0.3) is 0 Å². The highest BCUT2D eigenvalue weighted by Gasteiger charge is 2.16. The molecule has 0 saturated carbocycles. The first-order valence-electron chi connectivity index (χ1n) is 13.9. The maximum atomic E-state index is 13.6. The quantitative estimate of drug-likeness (QED) is 0.155. The van der Waals surface area contributed by atoms with E-state index >= 15 is 0 Å². The highest BCUT2D eigenvalue weighted by Crippen LogP contribution is 2.16. The molecule has 12 heteroatoms. The third-order valence-electron chi connectivity index (χ3n) is 6.36. The number of nitrogens with two attached hydrogens (primary N) is 1. The number of nitrogen functional groups attached to an aromatic ring is 1. The molecule has 5 N–H and O–H groups in total. The predicted octanol–water partition coefficient (Wildman–Crippen LogP) is 4.74. The van der Waals surface area contributed by atoms with Crippen molar-refractivity contribution in [2.75, 3.05) is 22.6 Å². The molecule has 0 aliphatic rings. The standard InChI is InChI=1S/C32H34N4O7S/c1-22-8-6-10-25(18-22)31(41)35-27-11-7-9-23(19-27)14-15-24-20-26(21-34-30(24)33)32(42)36-44(43,16-4-2-12-28(37)38)17-5-3-13-29(39)40/h6-11,18-21H,2-5,12-13,16-17H2,1H3,(H2,33,34)(H,35,41)(H,37,38)(H,39,40). The number of aliphatic carboxylic acids is 2. The number of rotatable bonds is 13. The van der Waals surface area contributed by atoms with Crippen LogP contribution < -0.4 is 11.1 Å². The Kier molecular flexibility index (Phi) is 12.2. The summed E-state index contributed by atoms with van der Waals surface area (Å²) < 4.78 is 17.5. The smallest absolute Gasteiger partial charge is 0.303 e. The number of aromatic nitrogens is 1. The maximum Gasteiger partial charge on any atom is 0.303 e. The summed E-state index contributed by atoms with van der Waals surface area (Å²) in [5.41, 5.74) is 8.86. The van der Waals surface area contributed by atoms with Crippen molar-refractivity contribution in [2.24, 2.45) is 4.36 Å². The first-order valence-corrected chi connectivity index (χ1v) is 15.8. The lowest BCUT2D eigenvalue weighted by Crippen LogP contribution is -2.15. The third kappa shape index (κ3) is 11.0. The van der Waals surface area contributed by atoms with Crippen molar-refractivity contribution < 1.29 is 33.6 Å². The largest absolute Gasteiger partial charge is 0.481 e. The SMILES string of the molecule is Cc1cccc(C(=O)Nc2cccc(C#Cc3cc(C(=O)N=S(=O)(CCCCC(=O)O)CCCCC(=O)O)cnc3N)c2)c1. The van der Waals surface area contributed by atoms with Crippen molar-refractivity contribution in [3.05, 3.63) is 88.6 Å². The number of amides is 2. The second-order valence-corrected chi connectivity index (χ2v) is 12.6. The zero-order valence-corrected chi connectivity index (χ0v) is 25.1. The Balaban J connectivity index is 1.79. The number of hydrogen-bond acceptors (Lipinski definition) is 7. The van der Waals surface area contributed by atoms with Crippen LogP contribution in [0, 0.1) is 18.8 Å². The average molecular weight is 619 g/mol. The van der Waals surface area contributed by atoms with E-state index in [0.717, 1.165) is 5.56 Å². The van der Waals surface area contributed by atoms with Crippen molar-refractivity contribution in [2.45, 2.75) is 45.4 Å². The average Bonchev–Trinajstić information content (AvgIpc) is 2.97. The minimum atomic E-state index is -3.09. The van der Waals surface area contributed by atoms with Crippen LogP contribution in [0.2, 0.25) is 0 Å². The minimum absolute atomic E-state index is 0.00487. The molecule has 230 valence electrons. The predicted molar refractivity (Wildman–Crippen MR) is 168 cm³/mol. The van der Waals surface area contributed by atoms with Gasteiger partial charge in [-0.3, -0.25) is 19.2 Å². The number of pyridine rings is 1. The molecule has 0 atom stereocenters. The van der Waals surface area contributed by atoms with Crippen molar-refractivity contribution in [1.29, 1.82) is 0 Å². The molecule has 0 saturated heterocycles. The fraction of sp³-hybridized carbons (Fsp3) is 0.281. The lowest BCUT2D eigenvalue weighted by molar-refractivity contribution is -0.138. The van der Waals surface area contributed by atoms with Crippen LogP contribution >= 0.6 is 0 Å². The number of benzene rings is 2. The Hall–Kier alpha value is -5.02. The van der Waals surface area contributed by atoms with Crippen LogP contribution in [0.1, 0.15) is 75.9 Å². The van der Waals surface area contributed by atoms with Gasteiger partial charge in [0.1, 0.15) is 5.82 Å². The van der Waals surface area contributed by atoms with E-state index in [4.69, 9.17) is 15.9 Å². The molecule has 2 amide bonds. The van der Waals surface area contributed by atoms with E-state index in [-0.39, 0.29) is 72.9 Å². The van der Waals surface area contributed by atoms with Crippen molar-refractivity contribution >= 4 is 45.0 Å². The fourth-order valence-corrected chi connectivity index (χ4v) is 6.21. The normalized spacial score (nSPS) is 10.8. The summed E-state index contributed by atoms with van der Waals surface area (Å²) in [5.74, 6) is 2.90. The molecule has 0 spiro atoms. The summed E-state index contributed by atoms with van der Waals surface area (Å²) in [6, 6.07) is 15.5. The van der Waals surface area contributed by atoms with Gasteiger partial charge in [-0.05, 0) is 69.0 Å². The van der Waals surface area contributed by atoms with Gasteiger partial charge < -0.3 is 21.3 Å². The summed E-state index contributed by atoms with van der Waals surface area (Å²) in [6.45, 7) is 1.90. The van der Waals surface area contributed by atoms with E-state index < -0.39 is 27.6 Å². The number of aryl methyl sites for hydroxylation is 1. The molecule has 3 rings (SSSR count). The molecule has 0 aliphatic carbocycles. The topological polar surface area (TPSA) is 189 Å². The van der Waals surface area contributed by atoms with Crippen LogP contribution in [0.15, 0.2) is 65.2 Å². The molecule has 1 heterocycles. The highest BCUT2D eigenvalue weighted by molar-refractivity contribution is 7.93. The van der Waals surface area contributed by atoms with Gasteiger partial charge in [-0.25, -0.2) is 9.19 Å². The van der Waals surface area contributed by atoms with E-state index in [1.807, 2.05) is 13.0 Å². The second-order valence-electron chi connectivity index (χ2n) is 10.1. The first kappa shape index (κ1) is 33.5. The molecular weight excluding hydrogens is 584 g/mol. The molecule has 0 unspecified atom stereocenters. The van der Waals surface area contributed by atoms with Crippen LogP contribution in [-0.4, -0.2) is 54.7 Å². The number of anilines is 2. The molecule has 2 aromatic carbocycles. The number of carbonyl (C=O) groups excluding carboxylic acids is 2. The summed E-state index contributed by atoms with van der Waals surface area (Å²) in [7, 11) is -3.09. The number of hydrogen-bond donors (Lipinski definition) is 4. The molecule has 0 radical (unpaired) electrons. The van der Waals surface area contributed by atoms with Crippen molar-refractivity contribution in [3.63, 3.8) is 0 Å². The van der Waals surface area contributed by atoms with Gasteiger partial charge >= 0.3 is 11.9 Å². The Morgan fingerprint density at radius 3 is 2.18 bits per heavy atom. The van der Waals surface area contributed by atoms with Gasteiger partial charge in [-0.2, -0.15) is 4.36 Å². The zero-order valence-electron chi connectivity index (χ0n) is 24.2. The lowest BCUT2D eigenvalue weighted by atomic mass is 10.1. The molecular formula is C32H34N4O7S. The van der Waals surface area contributed by atoms with Crippen LogP contribution in [0.3, 0.4) is 0 Å². The van der Waals surface area contributed by atoms with E-state index in [9.17, 15) is 23.4 Å². The summed E-state index contributed by atoms with van der Waals surface area (Å²) >= 11 is 0. The van der Waals surface area contributed by atoms with Crippen molar-refractivity contribution in [3.8, 4) is 11.8 Å². The van der Waals surface area contributed by atoms with Gasteiger partial charge in [0, 0.05) is 47.4 Å². The summed E-state index contributed by atoms with van der Waals surface area (Å²) in [4.78, 5) is 51.4.